The normalized spacial score (nSPS) is 16.0. The molecule has 37 heavy (non-hydrogen) atoms. The Hall–Kier alpha value is -3.42. The molecule has 0 bridgehead atoms. The van der Waals surface area contributed by atoms with Crippen molar-refractivity contribution in [3.63, 3.8) is 0 Å². The number of halogens is 1. The fourth-order valence-electron chi connectivity index (χ4n) is 4.91. The van der Waals surface area contributed by atoms with Crippen LogP contribution in [0.25, 0.3) is 16.6 Å². The number of pyridine rings is 1. The Balaban J connectivity index is 1.70. The average Bonchev–Trinajstić information content (AvgIpc) is 3.43. The highest BCUT2D eigenvalue weighted by molar-refractivity contribution is 5.99. The number of nitrogens with zero attached hydrogens (tertiary/aromatic N) is 4. The van der Waals surface area contributed by atoms with E-state index in [0.29, 0.717) is 24.3 Å². The number of likely N-dealkylation sites (tertiary alicyclic amines) is 1. The van der Waals surface area contributed by atoms with Gasteiger partial charge >= 0.3 is 6.09 Å². The van der Waals surface area contributed by atoms with E-state index in [1.807, 2.05) is 58.5 Å². The maximum Gasteiger partial charge on any atom is 0.410 e. The van der Waals surface area contributed by atoms with Gasteiger partial charge in [0.1, 0.15) is 11.4 Å². The zero-order valence-electron chi connectivity index (χ0n) is 22.8. The number of ether oxygens (including phenoxy) is 1. The lowest BCUT2D eigenvalue weighted by molar-refractivity contribution is 0.0288. The SMILES string of the molecule is Cc1cncc2c1c(CC1CCN(C(=O)OC(C)(C)C)C1)cn2-c1ccc(F)cc1C(=O)N(C)C(C)C. The second kappa shape index (κ2) is 10.1. The molecule has 8 heteroatoms. The summed E-state index contributed by atoms with van der Waals surface area (Å²) in [5, 5.41) is 1.07. The highest BCUT2D eigenvalue weighted by Crippen LogP contribution is 2.33. The zero-order chi connectivity index (χ0) is 27.1. The number of aryl methyl sites for hydroxylation is 1. The van der Waals surface area contributed by atoms with Gasteiger partial charge in [0, 0.05) is 44.0 Å². The lowest BCUT2D eigenvalue weighted by Crippen LogP contribution is -2.35. The van der Waals surface area contributed by atoms with Crippen LogP contribution in [0.1, 0.15) is 62.5 Å². The second-order valence-electron chi connectivity index (χ2n) is 11.3. The highest BCUT2D eigenvalue weighted by atomic mass is 19.1. The molecular formula is C29H37FN4O3. The maximum absolute atomic E-state index is 14.3. The van der Waals surface area contributed by atoms with Crippen molar-refractivity contribution in [2.45, 2.75) is 66.0 Å². The number of carbonyl (C=O) groups excluding carboxylic acids is 2. The summed E-state index contributed by atoms with van der Waals surface area (Å²) < 4.78 is 21.8. The summed E-state index contributed by atoms with van der Waals surface area (Å²) in [6.07, 6.45) is 7.04. The molecule has 2 aromatic heterocycles. The van der Waals surface area contributed by atoms with E-state index in [2.05, 4.69) is 4.98 Å². The molecule has 0 spiro atoms. The van der Waals surface area contributed by atoms with Gasteiger partial charge in [-0.25, -0.2) is 9.18 Å². The van der Waals surface area contributed by atoms with Crippen molar-refractivity contribution in [3.8, 4) is 5.69 Å². The van der Waals surface area contributed by atoms with E-state index >= 15 is 0 Å². The molecule has 7 nitrogen and oxygen atoms in total. The molecule has 0 saturated carbocycles. The topological polar surface area (TPSA) is 67.7 Å². The Morgan fingerprint density at radius 3 is 2.65 bits per heavy atom. The number of hydrogen-bond donors (Lipinski definition) is 0. The van der Waals surface area contributed by atoms with E-state index in [0.717, 1.165) is 34.9 Å². The number of aromatic nitrogens is 2. The second-order valence-corrected chi connectivity index (χ2v) is 11.3. The van der Waals surface area contributed by atoms with Gasteiger partial charge in [-0.05, 0) is 89.6 Å². The van der Waals surface area contributed by atoms with E-state index < -0.39 is 11.4 Å². The van der Waals surface area contributed by atoms with Crippen LogP contribution < -0.4 is 0 Å². The Labute approximate surface area is 218 Å². The van der Waals surface area contributed by atoms with Crippen LogP contribution in [0, 0.1) is 18.7 Å². The van der Waals surface area contributed by atoms with Crippen LogP contribution in [-0.2, 0) is 11.2 Å². The molecule has 1 saturated heterocycles. The number of benzene rings is 1. The minimum atomic E-state index is -0.527. The third-order valence-corrected chi connectivity index (χ3v) is 6.97. The molecule has 0 N–H and O–H groups in total. The Bertz CT molecular complexity index is 1320. The van der Waals surface area contributed by atoms with Crippen molar-refractivity contribution in [1.82, 2.24) is 19.4 Å². The third kappa shape index (κ3) is 5.63. The van der Waals surface area contributed by atoms with Crippen LogP contribution in [0.4, 0.5) is 9.18 Å². The molecule has 2 amide bonds. The number of carbonyl (C=O) groups is 2. The Morgan fingerprint density at radius 2 is 1.97 bits per heavy atom. The molecule has 3 aromatic rings. The first-order chi connectivity index (χ1) is 17.4. The number of fused-ring (bicyclic) bond motifs is 1. The highest BCUT2D eigenvalue weighted by Gasteiger charge is 2.31. The molecule has 4 rings (SSSR count). The summed E-state index contributed by atoms with van der Waals surface area (Å²) >= 11 is 0. The van der Waals surface area contributed by atoms with Crippen molar-refractivity contribution in [3.05, 3.63) is 59.3 Å². The molecule has 3 heterocycles. The van der Waals surface area contributed by atoms with Gasteiger partial charge in [0.15, 0.2) is 0 Å². The van der Waals surface area contributed by atoms with Crippen molar-refractivity contribution >= 4 is 22.9 Å². The van der Waals surface area contributed by atoms with Gasteiger partial charge in [0.2, 0.25) is 0 Å². The smallest absolute Gasteiger partial charge is 0.410 e. The van der Waals surface area contributed by atoms with Gasteiger partial charge in [0.25, 0.3) is 5.91 Å². The number of hydrogen-bond acceptors (Lipinski definition) is 4. The first-order valence-electron chi connectivity index (χ1n) is 12.8. The molecule has 0 radical (unpaired) electrons. The van der Waals surface area contributed by atoms with E-state index in [4.69, 9.17) is 4.74 Å². The van der Waals surface area contributed by atoms with Crippen LogP contribution in [-0.4, -0.2) is 63.1 Å². The summed E-state index contributed by atoms with van der Waals surface area (Å²) in [5.41, 5.74) is 3.40. The van der Waals surface area contributed by atoms with Crippen molar-refractivity contribution < 1.29 is 18.7 Å². The molecule has 0 aliphatic carbocycles. The summed E-state index contributed by atoms with van der Waals surface area (Å²) in [4.78, 5) is 33.7. The van der Waals surface area contributed by atoms with Gasteiger partial charge in [-0.2, -0.15) is 0 Å². The first kappa shape index (κ1) is 26.6. The summed E-state index contributed by atoms with van der Waals surface area (Å²) in [7, 11) is 1.73. The van der Waals surface area contributed by atoms with Crippen LogP contribution in [0.5, 0.6) is 0 Å². The van der Waals surface area contributed by atoms with E-state index in [9.17, 15) is 14.0 Å². The minimum absolute atomic E-state index is 0.0280. The number of amides is 2. The monoisotopic (exact) mass is 508 g/mol. The van der Waals surface area contributed by atoms with Crippen molar-refractivity contribution in [2.75, 3.05) is 20.1 Å². The summed E-state index contributed by atoms with van der Waals surface area (Å²) in [5.74, 6) is -0.415. The quantitative estimate of drug-likeness (QED) is 0.440. The largest absolute Gasteiger partial charge is 0.444 e. The molecule has 1 atom stereocenters. The molecule has 1 aromatic carbocycles. The van der Waals surface area contributed by atoms with Gasteiger partial charge in [-0.1, -0.05) is 0 Å². The van der Waals surface area contributed by atoms with Gasteiger partial charge < -0.3 is 19.1 Å². The molecule has 1 aliphatic heterocycles. The minimum Gasteiger partial charge on any atom is -0.444 e. The lowest BCUT2D eigenvalue weighted by atomic mass is 9.97. The van der Waals surface area contributed by atoms with Crippen LogP contribution in [0.2, 0.25) is 0 Å². The molecule has 198 valence electrons. The van der Waals surface area contributed by atoms with Crippen LogP contribution in [0.3, 0.4) is 0 Å². The zero-order valence-corrected chi connectivity index (χ0v) is 22.8. The summed E-state index contributed by atoms with van der Waals surface area (Å²) in [6, 6.07) is 4.31. The average molecular weight is 509 g/mol. The van der Waals surface area contributed by atoms with Crippen LogP contribution >= 0.6 is 0 Å². The maximum atomic E-state index is 14.3. The Kier molecular flexibility index (Phi) is 7.31. The predicted octanol–water partition coefficient (Wildman–Crippen LogP) is 5.75. The van der Waals surface area contributed by atoms with Gasteiger partial charge in [-0.15, -0.1) is 0 Å². The van der Waals surface area contributed by atoms with E-state index in [1.165, 1.54) is 12.1 Å². The third-order valence-electron chi connectivity index (χ3n) is 6.97. The Morgan fingerprint density at radius 1 is 1.24 bits per heavy atom. The van der Waals surface area contributed by atoms with Gasteiger partial charge in [0.05, 0.1) is 23.0 Å². The van der Waals surface area contributed by atoms with E-state index in [1.54, 1.807) is 29.1 Å². The molecular weight excluding hydrogens is 471 g/mol. The van der Waals surface area contributed by atoms with Gasteiger partial charge in [-0.3, -0.25) is 9.78 Å². The summed E-state index contributed by atoms with van der Waals surface area (Å²) in [6.45, 7) is 12.8. The predicted molar refractivity (Wildman–Crippen MR) is 143 cm³/mol. The standard InChI is InChI=1S/C29H37FN4O3/c1-18(2)32(7)27(35)23-13-22(30)8-9-24(23)34-17-21(26-19(3)14-31-15-25(26)34)12-20-10-11-33(16-20)28(36)37-29(4,5)6/h8-9,13-15,17-18,20H,10-12,16H2,1-7H3. The molecule has 1 aliphatic rings. The lowest BCUT2D eigenvalue weighted by Gasteiger charge is -2.24. The first-order valence-corrected chi connectivity index (χ1v) is 12.8. The fraction of sp³-hybridized carbons (Fsp3) is 0.483. The molecule has 1 fully saturated rings. The fourth-order valence-corrected chi connectivity index (χ4v) is 4.91. The van der Waals surface area contributed by atoms with E-state index in [-0.39, 0.29) is 24.0 Å². The molecule has 1 unspecified atom stereocenters. The van der Waals surface area contributed by atoms with Crippen molar-refractivity contribution in [2.24, 2.45) is 5.92 Å². The van der Waals surface area contributed by atoms with Crippen LogP contribution in [0.15, 0.2) is 36.8 Å². The number of rotatable bonds is 5. The van der Waals surface area contributed by atoms with Crippen molar-refractivity contribution in [1.29, 1.82) is 0 Å².